The third-order valence-electron chi connectivity index (χ3n) is 3.34. The Bertz CT molecular complexity index is 398. The topological polar surface area (TPSA) is 59.2 Å². The summed E-state index contributed by atoms with van der Waals surface area (Å²) in [4.78, 5) is 4.48. The molecule has 1 fully saturated rings. The molecule has 1 aromatic heterocycles. The van der Waals surface area contributed by atoms with Gasteiger partial charge in [0.2, 0.25) is 5.89 Å². The third kappa shape index (κ3) is 3.89. The maximum absolute atomic E-state index is 9.86. The van der Waals surface area contributed by atoms with Gasteiger partial charge in [-0.05, 0) is 12.3 Å². The Hall–Kier alpha value is -0.200. The first kappa shape index (κ1) is 15.2. The van der Waals surface area contributed by atoms with Gasteiger partial charge in [-0.15, -0.1) is 11.8 Å². The molecule has 0 saturated carbocycles. The SMILES string of the molecule is CCC1SCCSC1c1noc(CC(O)C(C)C)n1. The van der Waals surface area contributed by atoms with Gasteiger partial charge >= 0.3 is 0 Å². The fourth-order valence-corrected chi connectivity index (χ4v) is 5.01. The van der Waals surface area contributed by atoms with Crippen molar-refractivity contribution in [1.29, 1.82) is 0 Å². The largest absolute Gasteiger partial charge is 0.392 e. The van der Waals surface area contributed by atoms with Crippen molar-refractivity contribution in [3.63, 3.8) is 0 Å². The number of hydrogen-bond acceptors (Lipinski definition) is 6. The van der Waals surface area contributed by atoms with Crippen LogP contribution < -0.4 is 0 Å². The second kappa shape index (κ2) is 6.99. The zero-order valence-corrected chi connectivity index (χ0v) is 13.3. The molecule has 1 aliphatic rings. The summed E-state index contributed by atoms with van der Waals surface area (Å²) in [6, 6.07) is 0. The molecule has 4 nitrogen and oxygen atoms in total. The van der Waals surface area contributed by atoms with Crippen LogP contribution in [0.25, 0.3) is 0 Å². The standard InChI is InChI=1S/C13H22N2O2S2/c1-4-10-12(19-6-5-18-10)13-14-11(17-15-13)7-9(16)8(2)3/h8-10,12,16H,4-7H2,1-3H3. The van der Waals surface area contributed by atoms with Crippen molar-refractivity contribution in [2.24, 2.45) is 5.92 Å². The molecule has 2 rings (SSSR count). The molecule has 2 heterocycles. The summed E-state index contributed by atoms with van der Waals surface area (Å²) in [5, 5.41) is 14.9. The molecule has 1 aliphatic heterocycles. The third-order valence-corrected chi connectivity index (χ3v) is 6.59. The summed E-state index contributed by atoms with van der Waals surface area (Å²) in [5.74, 6) is 3.91. The Kier molecular flexibility index (Phi) is 5.59. The fourth-order valence-electron chi connectivity index (χ4n) is 2.02. The lowest BCUT2D eigenvalue weighted by Gasteiger charge is -2.27. The summed E-state index contributed by atoms with van der Waals surface area (Å²) in [6.45, 7) is 6.19. The van der Waals surface area contributed by atoms with Crippen LogP contribution >= 0.6 is 23.5 Å². The van der Waals surface area contributed by atoms with Gasteiger partial charge in [-0.25, -0.2) is 0 Å². The fraction of sp³-hybridized carbons (Fsp3) is 0.846. The van der Waals surface area contributed by atoms with E-state index in [0.29, 0.717) is 22.8 Å². The molecular weight excluding hydrogens is 280 g/mol. The molecule has 1 aromatic rings. The molecule has 108 valence electrons. The van der Waals surface area contributed by atoms with Crippen LogP contribution in [-0.4, -0.2) is 38.1 Å². The highest BCUT2D eigenvalue weighted by atomic mass is 32.2. The highest BCUT2D eigenvalue weighted by Crippen LogP contribution is 2.42. The summed E-state index contributed by atoms with van der Waals surface area (Å²) < 4.78 is 5.29. The Morgan fingerprint density at radius 3 is 2.79 bits per heavy atom. The number of aliphatic hydroxyl groups excluding tert-OH is 1. The van der Waals surface area contributed by atoms with E-state index < -0.39 is 6.10 Å². The first-order chi connectivity index (χ1) is 9.11. The molecule has 1 saturated heterocycles. The van der Waals surface area contributed by atoms with E-state index in [2.05, 4.69) is 17.1 Å². The minimum atomic E-state index is -0.413. The van der Waals surface area contributed by atoms with Crippen molar-refractivity contribution >= 4 is 23.5 Å². The first-order valence-corrected chi connectivity index (χ1v) is 8.95. The maximum atomic E-state index is 9.86. The number of aromatic nitrogens is 2. The number of rotatable bonds is 5. The van der Waals surface area contributed by atoms with E-state index in [1.807, 2.05) is 37.4 Å². The van der Waals surface area contributed by atoms with Crippen LogP contribution in [0.1, 0.15) is 44.2 Å². The average Bonchev–Trinajstić information content (AvgIpc) is 2.86. The lowest BCUT2D eigenvalue weighted by atomic mass is 10.0. The van der Waals surface area contributed by atoms with E-state index in [4.69, 9.17) is 4.52 Å². The Balaban J connectivity index is 2.03. The zero-order valence-electron chi connectivity index (χ0n) is 11.7. The summed E-state index contributed by atoms with van der Waals surface area (Å²) in [7, 11) is 0. The predicted molar refractivity (Wildman–Crippen MR) is 80.6 cm³/mol. The van der Waals surface area contributed by atoms with Crippen molar-refractivity contribution < 1.29 is 9.63 Å². The molecule has 0 aromatic carbocycles. The van der Waals surface area contributed by atoms with Gasteiger partial charge < -0.3 is 9.63 Å². The zero-order chi connectivity index (χ0) is 13.8. The summed E-state index contributed by atoms with van der Waals surface area (Å²) >= 11 is 3.92. The van der Waals surface area contributed by atoms with Gasteiger partial charge in [-0.3, -0.25) is 0 Å². The minimum Gasteiger partial charge on any atom is -0.392 e. The minimum absolute atomic E-state index is 0.207. The van der Waals surface area contributed by atoms with Crippen LogP contribution in [0.15, 0.2) is 4.52 Å². The van der Waals surface area contributed by atoms with Gasteiger partial charge in [0.05, 0.1) is 17.8 Å². The highest BCUT2D eigenvalue weighted by Gasteiger charge is 2.30. The molecule has 0 amide bonds. The summed E-state index contributed by atoms with van der Waals surface area (Å²) in [5.41, 5.74) is 0. The van der Waals surface area contributed by atoms with Gasteiger partial charge in [0.15, 0.2) is 5.82 Å². The lowest BCUT2D eigenvalue weighted by Crippen LogP contribution is -2.20. The van der Waals surface area contributed by atoms with Crippen LogP contribution in [0.2, 0.25) is 0 Å². The highest BCUT2D eigenvalue weighted by molar-refractivity contribution is 8.06. The van der Waals surface area contributed by atoms with Gasteiger partial charge in [-0.2, -0.15) is 16.7 Å². The number of thioether (sulfide) groups is 2. The van der Waals surface area contributed by atoms with Crippen LogP contribution in [0, 0.1) is 5.92 Å². The van der Waals surface area contributed by atoms with E-state index in [0.717, 1.165) is 18.0 Å². The molecule has 19 heavy (non-hydrogen) atoms. The van der Waals surface area contributed by atoms with Crippen molar-refractivity contribution in [3.05, 3.63) is 11.7 Å². The first-order valence-electron chi connectivity index (χ1n) is 6.85. The van der Waals surface area contributed by atoms with Gasteiger partial charge in [0.25, 0.3) is 0 Å². The second-order valence-electron chi connectivity index (χ2n) is 5.17. The molecule has 6 heteroatoms. The molecular formula is C13H22N2O2S2. The molecule has 1 N–H and O–H groups in total. The van der Waals surface area contributed by atoms with Crippen LogP contribution in [0.4, 0.5) is 0 Å². The predicted octanol–water partition coefficient (Wildman–Crippen LogP) is 2.93. The van der Waals surface area contributed by atoms with Crippen molar-refractivity contribution in [2.45, 2.75) is 50.2 Å². The lowest BCUT2D eigenvalue weighted by molar-refractivity contribution is 0.116. The molecule has 3 unspecified atom stereocenters. The molecule has 0 bridgehead atoms. The second-order valence-corrected chi connectivity index (χ2v) is 7.77. The van der Waals surface area contributed by atoms with Crippen molar-refractivity contribution in [1.82, 2.24) is 10.1 Å². The maximum Gasteiger partial charge on any atom is 0.229 e. The van der Waals surface area contributed by atoms with E-state index >= 15 is 0 Å². The Morgan fingerprint density at radius 1 is 1.37 bits per heavy atom. The van der Waals surface area contributed by atoms with Gasteiger partial charge in [0.1, 0.15) is 0 Å². The van der Waals surface area contributed by atoms with Crippen LogP contribution in [-0.2, 0) is 6.42 Å². The van der Waals surface area contributed by atoms with Crippen molar-refractivity contribution in [2.75, 3.05) is 11.5 Å². The van der Waals surface area contributed by atoms with Crippen LogP contribution in [0.3, 0.4) is 0 Å². The van der Waals surface area contributed by atoms with E-state index in [1.54, 1.807) is 0 Å². The number of aliphatic hydroxyl groups is 1. The van der Waals surface area contributed by atoms with E-state index in [9.17, 15) is 5.11 Å². The quantitative estimate of drug-likeness (QED) is 0.902. The number of nitrogens with zero attached hydrogens (tertiary/aromatic N) is 2. The Labute approximate surface area is 123 Å². The van der Waals surface area contributed by atoms with Gasteiger partial charge in [-0.1, -0.05) is 25.9 Å². The molecule has 0 aliphatic carbocycles. The monoisotopic (exact) mass is 302 g/mol. The van der Waals surface area contributed by atoms with Gasteiger partial charge in [0, 0.05) is 16.8 Å². The smallest absolute Gasteiger partial charge is 0.229 e. The average molecular weight is 302 g/mol. The van der Waals surface area contributed by atoms with E-state index in [1.165, 1.54) is 5.75 Å². The number of hydrogen-bond donors (Lipinski definition) is 1. The molecule has 0 spiro atoms. The molecule has 3 atom stereocenters. The summed E-state index contributed by atoms with van der Waals surface area (Å²) in [6.07, 6.45) is 1.16. The molecule has 0 radical (unpaired) electrons. The normalized spacial score (nSPS) is 25.7. The van der Waals surface area contributed by atoms with Crippen molar-refractivity contribution in [3.8, 4) is 0 Å². The van der Waals surface area contributed by atoms with E-state index in [-0.39, 0.29) is 5.92 Å². The van der Waals surface area contributed by atoms with Crippen LogP contribution in [0.5, 0.6) is 0 Å². The Morgan fingerprint density at radius 2 is 2.11 bits per heavy atom.